The first-order valence-corrected chi connectivity index (χ1v) is 27.7. The highest BCUT2D eigenvalue weighted by Gasteiger charge is 2.44. The minimum Gasteiger partial charge on any atom is -0.497 e. The first-order valence-electron chi connectivity index (χ1n) is 26.6. The zero-order chi connectivity index (χ0) is 52.9. The SMILES string of the molecule is COc1ccc(C(OC[C@@H]2C[C@@H](OP(OCCC#N)N(C(C)C)C(C)C)CN2C(=O)CCCCCCC(=O)CCCCOC2OC(COC(C)=O)C(C)C(C)C2C)(c2ccccc2)c2ccc(OC)cc2)cc1. The van der Waals surface area contributed by atoms with Crippen LogP contribution in [0.2, 0.25) is 0 Å². The predicted octanol–water partition coefficient (Wildman–Crippen LogP) is 11.6. The molecule has 2 aliphatic rings. The highest BCUT2D eigenvalue weighted by Crippen LogP contribution is 2.49. The molecule has 3 aromatic rings. The molecule has 5 rings (SSSR count). The molecule has 1 amide bonds. The van der Waals surface area contributed by atoms with Crippen LogP contribution in [0, 0.1) is 29.1 Å². The van der Waals surface area contributed by atoms with E-state index in [-0.39, 0.29) is 92.4 Å². The van der Waals surface area contributed by atoms with E-state index in [2.05, 4.69) is 71.3 Å². The molecule has 0 spiro atoms. The second-order valence-corrected chi connectivity index (χ2v) is 21.6. The van der Waals surface area contributed by atoms with Gasteiger partial charge in [-0.3, -0.25) is 14.4 Å². The van der Waals surface area contributed by atoms with Crippen LogP contribution in [0.5, 0.6) is 11.5 Å². The number of ether oxygens (including phenoxy) is 6. The van der Waals surface area contributed by atoms with Gasteiger partial charge >= 0.3 is 5.97 Å². The summed E-state index contributed by atoms with van der Waals surface area (Å²) in [5.74, 6) is 2.19. The van der Waals surface area contributed by atoms with Crippen molar-refractivity contribution in [1.82, 2.24) is 9.57 Å². The number of methoxy groups -OCH3 is 2. The summed E-state index contributed by atoms with van der Waals surface area (Å²) in [4.78, 5) is 40.7. The molecule has 2 saturated heterocycles. The van der Waals surface area contributed by atoms with Gasteiger partial charge in [-0.1, -0.05) is 88.2 Å². The van der Waals surface area contributed by atoms with Crippen molar-refractivity contribution >= 4 is 26.2 Å². The maximum Gasteiger partial charge on any atom is 0.302 e. The third-order valence-electron chi connectivity index (χ3n) is 14.4. The lowest BCUT2D eigenvalue weighted by Gasteiger charge is -2.43. The lowest BCUT2D eigenvalue weighted by Crippen LogP contribution is -2.47. The summed E-state index contributed by atoms with van der Waals surface area (Å²) >= 11 is 0. The quantitative estimate of drug-likeness (QED) is 0.0260. The Bertz CT molecular complexity index is 2100. The topological polar surface area (TPSA) is 155 Å². The van der Waals surface area contributed by atoms with E-state index in [1.807, 2.05) is 71.6 Å². The minimum absolute atomic E-state index is 0.0356. The molecule has 3 aromatic carbocycles. The average molecular weight is 1030 g/mol. The van der Waals surface area contributed by atoms with Crippen molar-refractivity contribution in [3.8, 4) is 17.6 Å². The highest BCUT2D eigenvalue weighted by molar-refractivity contribution is 7.44. The van der Waals surface area contributed by atoms with Gasteiger partial charge in [0.05, 0.1) is 58.2 Å². The average Bonchev–Trinajstić information content (AvgIpc) is 3.79. The van der Waals surface area contributed by atoms with Gasteiger partial charge in [-0.15, -0.1) is 0 Å². The molecule has 14 nitrogen and oxygen atoms in total. The van der Waals surface area contributed by atoms with Gasteiger partial charge < -0.3 is 42.4 Å². The van der Waals surface area contributed by atoms with E-state index in [1.54, 1.807) is 14.2 Å². The van der Waals surface area contributed by atoms with E-state index >= 15 is 0 Å². The largest absolute Gasteiger partial charge is 0.497 e. The standard InChI is InChI=1S/C58H84N3O11P/c1-41(2)61(42(3)4)73(70-36-20-34-59)72-54-37-50(39-69-58(47-21-14-13-15-22-47,48-26-30-52(65-9)31-27-48)49-28-32-53(66-10)33-29-49)60(38-54)56(64)25-17-12-11-16-23-51(63)24-18-19-35-67-57-45(7)43(5)44(6)55(71-57)40-68-46(8)62/h13-15,21-22,26-33,41-45,50,54-55,57H,11-12,16-20,23-25,35-40H2,1-10H3/t43?,44?,45?,50-,54+,55?,57?,73?/m0/s1. The van der Waals surface area contributed by atoms with Crippen LogP contribution >= 0.6 is 8.53 Å². The Balaban J connectivity index is 1.23. The van der Waals surface area contributed by atoms with E-state index in [0.717, 1.165) is 60.3 Å². The lowest BCUT2D eigenvalue weighted by atomic mass is 9.79. The molecular formula is C58H84N3O11P. The Morgan fingerprint density at radius 3 is 1.89 bits per heavy atom. The Morgan fingerprint density at radius 1 is 0.753 bits per heavy atom. The van der Waals surface area contributed by atoms with Crippen LogP contribution in [0.1, 0.15) is 143 Å². The zero-order valence-electron chi connectivity index (χ0n) is 45.3. The number of likely N-dealkylation sites (tertiary alicyclic amines) is 1. The van der Waals surface area contributed by atoms with Gasteiger partial charge in [0.1, 0.15) is 29.5 Å². The number of nitrogens with zero attached hydrogens (tertiary/aromatic N) is 3. The molecule has 0 radical (unpaired) electrons. The van der Waals surface area contributed by atoms with Gasteiger partial charge in [-0.05, 0) is 113 Å². The summed E-state index contributed by atoms with van der Waals surface area (Å²) in [6, 6.07) is 28.1. The fraction of sp³-hybridized carbons (Fsp3) is 0.621. The molecule has 0 aliphatic carbocycles. The Hall–Kier alpha value is -4.45. The number of carbonyl (C=O) groups excluding carboxylic acids is 3. The number of benzene rings is 3. The van der Waals surface area contributed by atoms with Crippen LogP contribution in [-0.2, 0) is 48.0 Å². The molecule has 0 bridgehead atoms. The summed E-state index contributed by atoms with van der Waals surface area (Å²) < 4.78 is 51.6. The Morgan fingerprint density at radius 2 is 1.33 bits per heavy atom. The molecule has 2 fully saturated rings. The second-order valence-electron chi connectivity index (χ2n) is 20.2. The molecule has 0 N–H and O–H groups in total. The van der Waals surface area contributed by atoms with Gasteiger partial charge in [0.25, 0.3) is 8.53 Å². The number of amides is 1. The number of unbranched alkanes of at least 4 members (excludes halogenated alkanes) is 4. The number of rotatable bonds is 31. The van der Waals surface area contributed by atoms with Crippen molar-refractivity contribution in [1.29, 1.82) is 5.26 Å². The van der Waals surface area contributed by atoms with Gasteiger partial charge in [-0.2, -0.15) is 5.26 Å². The van der Waals surface area contributed by atoms with Crippen LogP contribution in [0.4, 0.5) is 0 Å². The first-order chi connectivity index (χ1) is 35.1. The van der Waals surface area contributed by atoms with Crippen molar-refractivity contribution in [2.45, 2.75) is 168 Å². The first kappa shape index (κ1) is 59.4. The van der Waals surface area contributed by atoms with Crippen LogP contribution in [0.3, 0.4) is 0 Å². The molecular weight excluding hydrogens is 946 g/mol. The number of ketones is 1. The third-order valence-corrected chi connectivity index (χ3v) is 16.6. The fourth-order valence-electron chi connectivity index (χ4n) is 10.0. The van der Waals surface area contributed by atoms with Gasteiger partial charge in [-0.25, -0.2) is 4.67 Å². The van der Waals surface area contributed by atoms with Crippen LogP contribution in [-0.4, -0.2) is 111 Å². The van der Waals surface area contributed by atoms with Crippen molar-refractivity contribution < 1.29 is 51.9 Å². The fourth-order valence-corrected chi connectivity index (χ4v) is 11.8. The van der Waals surface area contributed by atoms with Crippen molar-refractivity contribution in [2.24, 2.45) is 17.8 Å². The van der Waals surface area contributed by atoms with Crippen molar-refractivity contribution in [3.63, 3.8) is 0 Å². The van der Waals surface area contributed by atoms with E-state index in [0.29, 0.717) is 51.2 Å². The highest BCUT2D eigenvalue weighted by atomic mass is 31.2. The number of Topliss-reactive ketones (excluding diaryl/α,β-unsaturated/α-hetero) is 1. The molecule has 0 aromatic heterocycles. The maximum absolute atomic E-state index is 14.5. The van der Waals surface area contributed by atoms with Gasteiger partial charge in [0.15, 0.2) is 6.29 Å². The van der Waals surface area contributed by atoms with E-state index in [1.165, 1.54) is 6.92 Å². The number of hydrogen-bond donors (Lipinski definition) is 0. The molecule has 2 aliphatic heterocycles. The summed E-state index contributed by atoms with van der Waals surface area (Å²) in [6.45, 7) is 17.9. The lowest BCUT2D eigenvalue weighted by molar-refractivity contribution is -0.255. The van der Waals surface area contributed by atoms with E-state index < -0.39 is 14.1 Å². The summed E-state index contributed by atoms with van der Waals surface area (Å²) in [6.07, 6.45) is 5.92. The summed E-state index contributed by atoms with van der Waals surface area (Å²) in [5.41, 5.74) is 1.65. The van der Waals surface area contributed by atoms with Crippen LogP contribution in [0.25, 0.3) is 0 Å². The van der Waals surface area contributed by atoms with E-state index in [9.17, 15) is 19.6 Å². The monoisotopic (exact) mass is 1030 g/mol. The smallest absolute Gasteiger partial charge is 0.302 e. The number of esters is 1. The minimum atomic E-state index is -1.55. The third kappa shape index (κ3) is 17.0. The Labute approximate surface area is 437 Å². The number of carbonyl (C=O) groups is 3. The van der Waals surface area contributed by atoms with E-state index in [4.69, 9.17) is 37.5 Å². The van der Waals surface area contributed by atoms with Crippen molar-refractivity contribution in [2.75, 3.05) is 47.2 Å². The van der Waals surface area contributed by atoms with Crippen LogP contribution < -0.4 is 9.47 Å². The summed E-state index contributed by atoms with van der Waals surface area (Å²) in [7, 11) is 1.75. The number of hydrogen-bond acceptors (Lipinski definition) is 13. The zero-order valence-corrected chi connectivity index (χ0v) is 46.2. The van der Waals surface area contributed by atoms with Crippen LogP contribution in [0.15, 0.2) is 78.9 Å². The molecule has 0 saturated carbocycles. The predicted molar refractivity (Wildman–Crippen MR) is 284 cm³/mol. The van der Waals surface area contributed by atoms with Gasteiger partial charge in [0.2, 0.25) is 5.91 Å². The normalized spacial score (nSPS) is 21.6. The number of nitriles is 1. The molecule has 73 heavy (non-hydrogen) atoms. The second kappa shape index (κ2) is 30.2. The van der Waals surface area contributed by atoms with Crippen molar-refractivity contribution in [3.05, 3.63) is 95.6 Å². The Kier molecular flexibility index (Phi) is 24.6. The molecule has 2 heterocycles. The molecule has 8 atom stereocenters. The molecule has 15 heteroatoms. The summed E-state index contributed by atoms with van der Waals surface area (Å²) in [5, 5.41) is 9.37. The van der Waals surface area contributed by atoms with Gasteiger partial charge in [0, 0.05) is 57.3 Å². The molecule has 402 valence electrons. The maximum atomic E-state index is 14.5. The molecule has 6 unspecified atom stereocenters.